The molecular formula is C15H19BrN2O5. The predicted octanol–water partition coefficient (Wildman–Crippen LogP) is 1.99. The molecule has 0 radical (unpaired) electrons. The standard InChI is InChI=1S/C15H19BrN2O5/c1-9(2)17-15(21)18-14(20)10(3)23-13(19)8-22-12-6-4-11(16)5-7-12/h4-7,9-10H,8H2,1-3H3,(H2,17,18,20,21). The highest BCUT2D eigenvalue weighted by Gasteiger charge is 2.20. The summed E-state index contributed by atoms with van der Waals surface area (Å²) in [7, 11) is 0. The first-order valence-corrected chi connectivity index (χ1v) is 7.76. The van der Waals surface area contributed by atoms with Gasteiger partial charge in [-0.05, 0) is 45.0 Å². The molecular weight excluding hydrogens is 368 g/mol. The summed E-state index contributed by atoms with van der Waals surface area (Å²) in [5, 5.41) is 4.58. The van der Waals surface area contributed by atoms with Crippen LogP contribution in [0.3, 0.4) is 0 Å². The van der Waals surface area contributed by atoms with E-state index in [9.17, 15) is 14.4 Å². The smallest absolute Gasteiger partial charge is 0.344 e. The van der Waals surface area contributed by atoms with Crippen LogP contribution in [-0.4, -0.2) is 36.7 Å². The topological polar surface area (TPSA) is 93.7 Å². The molecule has 0 aromatic heterocycles. The van der Waals surface area contributed by atoms with E-state index in [-0.39, 0.29) is 12.6 Å². The predicted molar refractivity (Wildman–Crippen MR) is 87.0 cm³/mol. The molecule has 1 aromatic carbocycles. The number of amides is 3. The molecule has 8 heteroatoms. The maximum absolute atomic E-state index is 11.7. The highest BCUT2D eigenvalue weighted by Crippen LogP contribution is 2.15. The van der Waals surface area contributed by atoms with Crippen LogP contribution in [0.25, 0.3) is 0 Å². The van der Waals surface area contributed by atoms with Crippen LogP contribution in [0.2, 0.25) is 0 Å². The lowest BCUT2D eigenvalue weighted by Gasteiger charge is -2.14. The third kappa shape index (κ3) is 7.64. The van der Waals surface area contributed by atoms with Crippen molar-refractivity contribution in [2.75, 3.05) is 6.61 Å². The monoisotopic (exact) mass is 386 g/mol. The summed E-state index contributed by atoms with van der Waals surface area (Å²) < 4.78 is 11.0. The van der Waals surface area contributed by atoms with E-state index in [1.807, 2.05) is 0 Å². The fraction of sp³-hybridized carbons (Fsp3) is 0.400. The number of benzene rings is 1. The van der Waals surface area contributed by atoms with Gasteiger partial charge in [-0.3, -0.25) is 10.1 Å². The van der Waals surface area contributed by atoms with Gasteiger partial charge in [-0.1, -0.05) is 15.9 Å². The average Bonchev–Trinajstić information content (AvgIpc) is 2.45. The summed E-state index contributed by atoms with van der Waals surface area (Å²) in [6.45, 7) is 4.55. The first-order chi connectivity index (χ1) is 10.8. The van der Waals surface area contributed by atoms with E-state index in [0.717, 1.165) is 4.47 Å². The van der Waals surface area contributed by atoms with Gasteiger partial charge in [0, 0.05) is 10.5 Å². The molecule has 1 rings (SSSR count). The van der Waals surface area contributed by atoms with Crippen molar-refractivity contribution in [2.45, 2.75) is 32.9 Å². The number of nitrogens with one attached hydrogen (secondary N) is 2. The third-order valence-corrected chi connectivity index (χ3v) is 3.03. The number of ether oxygens (including phenoxy) is 2. The van der Waals surface area contributed by atoms with Crippen LogP contribution in [0.1, 0.15) is 20.8 Å². The fourth-order valence-corrected chi connectivity index (χ4v) is 1.73. The number of urea groups is 1. The Kier molecular flexibility index (Phi) is 7.53. The molecule has 0 saturated heterocycles. The minimum atomic E-state index is -1.10. The van der Waals surface area contributed by atoms with Gasteiger partial charge in [-0.2, -0.15) is 0 Å². The van der Waals surface area contributed by atoms with Crippen molar-refractivity contribution in [1.29, 1.82) is 0 Å². The third-order valence-electron chi connectivity index (χ3n) is 2.50. The first kappa shape index (κ1) is 19.0. The minimum absolute atomic E-state index is 0.111. The zero-order chi connectivity index (χ0) is 17.4. The second-order valence-electron chi connectivity index (χ2n) is 4.99. The summed E-state index contributed by atoms with van der Waals surface area (Å²) in [5.74, 6) is -0.918. The number of carbonyl (C=O) groups is 3. The van der Waals surface area contributed by atoms with Crippen molar-refractivity contribution in [3.63, 3.8) is 0 Å². The highest BCUT2D eigenvalue weighted by molar-refractivity contribution is 9.10. The highest BCUT2D eigenvalue weighted by atomic mass is 79.9. The minimum Gasteiger partial charge on any atom is -0.482 e. The molecule has 0 saturated carbocycles. The first-order valence-electron chi connectivity index (χ1n) is 6.97. The van der Waals surface area contributed by atoms with E-state index in [0.29, 0.717) is 5.75 Å². The van der Waals surface area contributed by atoms with Crippen molar-refractivity contribution in [2.24, 2.45) is 0 Å². The lowest BCUT2D eigenvalue weighted by molar-refractivity contribution is -0.156. The Morgan fingerprint density at radius 3 is 2.30 bits per heavy atom. The molecule has 1 atom stereocenters. The van der Waals surface area contributed by atoms with Crippen molar-refractivity contribution in [3.05, 3.63) is 28.7 Å². The number of hydrogen-bond acceptors (Lipinski definition) is 5. The van der Waals surface area contributed by atoms with Crippen molar-refractivity contribution in [1.82, 2.24) is 10.6 Å². The molecule has 0 aliphatic rings. The molecule has 0 aliphatic carbocycles. The van der Waals surface area contributed by atoms with Gasteiger partial charge in [-0.25, -0.2) is 9.59 Å². The summed E-state index contributed by atoms with van der Waals surface area (Å²) in [4.78, 5) is 34.7. The number of rotatable bonds is 6. The summed E-state index contributed by atoms with van der Waals surface area (Å²) in [6, 6.07) is 6.15. The van der Waals surface area contributed by atoms with E-state index >= 15 is 0 Å². The molecule has 0 spiro atoms. The number of hydrogen-bond donors (Lipinski definition) is 2. The molecule has 0 bridgehead atoms. The zero-order valence-electron chi connectivity index (χ0n) is 13.1. The Hall–Kier alpha value is -2.09. The van der Waals surface area contributed by atoms with E-state index in [4.69, 9.17) is 9.47 Å². The summed E-state index contributed by atoms with van der Waals surface area (Å²) in [5.41, 5.74) is 0. The van der Waals surface area contributed by atoms with Gasteiger partial charge in [0.2, 0.25) is 0 Å². The molecule has 3 amide bonds. The molecule has 23 heavy (non-hydrogen) atoms. The number of carbonyl (C=O) groups excluding carboxylic acids is 3. The van der Waals surface area contributed by atoms with Crippen LogP contribution in [-0.2, 0) is 14.3 Å². The summed E-state index contributed by atoms with van der Waals surface area (Å²) >= 11 is 3.28. The van der Waals surface area contributed by atoms with Crippen molar-refractivity contribution < 1.29 is 23.9 Å². The van der Waals surface area contributed by atoms with Crippen LogP contribution < -0.4 is 15.4 Å². The molecule has 7 nitrogen and oxygen atoms in total. The van der Waals surface area contributed by atoms with Crippen molar-refractivity contribution in [3.8, 4) is 5.75 Å². The Morgan fingerprint density at radius 2 is 1.74 bits per heavy atom. The maximum atomic E-state index is 11.7. The van der Waals surface area contributed by atoms with E-state index in [2.05, 4.69) is 26.6 Å². The normalized spacial score (nSPS) is 11.5. The maximum Gasteiger partial charge on any atom is 0.344 e. The van der Waals surface area contributed by atoms with E-state index < -0.39 is 24.0 Å². The molecule has 0 heterocycles. The SMILES string of the molecule is CC(C)NC(=O)NC(=O)C(C)OC(=O)COc1ccc(Br)cc1. The fourth-order valence-electron chi connectivity index (χ4n) is 1.47. The number of halogens is 1. The van der Waals surface area contributed by atoms with Crippen LogP contribution in [0, 0.1) is 0 Å². The van der Waals surface area contributed by atoms with Gasteiger partial charge in [0.05, 0.1) is 0 Å². The van der Waals surface area contributed by atoms with Gasteiger partial charge in [-0.15, -0.1) is 0 Å². The molecule has 126 valence electrons. The Labute approximate surface area is 142 Å². The van der Waals surface area contributed by atoms with E-state index in [1.165, 1.54) is 6.92 Å². The van der Waals surface area contributed by atoms with Crippen molar-refractivity contribution >= 4 is 33.8 Å². The second-order valence-corrected chi connectivity index (χ2v) is 5.91. The lowest BCUT2D eigenvalue weighted by Crippen LogP contribution is -2.46. The Balaban J connectivity index is 2.36. The second kappa shape index (κ2) is 9.14. The summed E-state index contributed by atoms with van der Waals surface area (Å²) in [6.07, 6.45) is -1.10. The van der Waals surface area contributed by atoms with Gasteiger partial charge >= 0.3 is 12.0 Å². The van der Waals surface area contributed by atoms with Crippen LogP contribution >= 0.6 is 15.9 Å². The number of esters is 1. The number of imide groups is 1. The Bertz CT molecular complexity index is 559. The van der Waals surface area contributed by atoms with Crippen LogP contribution in [0.4, 0.5) is 4.79 Å². The largest absolute Gasteiger partial charge is 0.482 e. The van der Waals surface area contributed by atoms with Crippen LogP contribution in [0.15, 0.2) is 28.7 Å². The molecule has 1 unspecified atom stereocenters. The molecule has 0 aliphatic heterocycles. The van der Waals surface area contributed by atoms with Crippen LogP contribution in [0.5, 0.6) is 5.75 Å². The van der Waals surface area contributed by atoms with E-state index in [1.54, 1.807) is 38.1 Å². The lowest BCUT2D eigenvalue weighted by atomic mass is 10.3. The average molecular weight is 387 g/mol. The van der Waals surface area contributed by atoms with Gasteiger partial charge in [0.25, 0.3) is 5.91 Å². The molecule has 1 aromatic rings. The molecule has 0 fully saturated rings. The van der Waals surface area contributed by atoms with Gasteiger partial charge in [0.1, 0.15) is 5.75 Å². The molecule has 2 N–H and O–H groups in total. The Morgan fingerprint density at radius 1 is 1.13 bits per heavy atom. The van der Waals surface area contributed by atoms with Gasteiger partial charge < -0.3 is 14.8 Å². The van der Waals surface area contributed by atoms with Gasteiger partial charge in [0.15, 0.2) is 12.7 Å². The zero-order valence-corrected chi connectivity index (χ0v) is 14.7. The quantitative estimate of drug-likeness (QED) is 0.729.